The molecule has 0 radical (unpaired) electrons. The predicted molar refractivity (Wildman–Crippen MR) is 66.8 cm³/mol. The van der Waals surface area contributed by atoms with Gasteiger partial charge in [-0.05, 0) is 38.3 Å². The number of halogens is 1. The van der Waals surface area contributed by atoms with Gasteiger partial charge in [0.1, 0.15) is 9.34 Å². The van der Waals surface area contributed by atoms with Crippen LogP contribution in [0, 0.1) is 5.92 Å². The standard InChI is InChI=1S/C11H16ClN3S/c12-9-6-14-11(16-9)10-7(5-13)3-4-15(10)8-1-2-8/h6-8,10H,1-5,13H2. The monoisotopic (exact) mass is 257 g/mol. The molecular formula is C11H16ClN3S. The number of nitrogens with zero attached hydrogens (tertiary/aromatic N) is 2. The van der Waals surface area contributed by atoms with E-state index in [1.165, 1.54) is 25.8 Å². The molecule has 2 atom stereocenters. The maximum absolute atomic E-state index is 5.98. The largest absolute Gasteiger partial charge is 0.330 e. The summed E-state index contributed by atoms with van der Waals surface area (Å²) in [4.78, 5) is 7.04. The lowest BCUT2D eigenvalue weighted by molar-refractivity contribution is 0.220. The van der Waals surface area contributed by atoms with Gasteiger partial charge in [-0.3, -0.25) is 4.90 Å². The number of likely N-dealkylation sites (tertiary alicyclic amines) is 1. The third kappa shape index (κ3) is 1.88. The number of thiazole rings is 1. The Kier molecular flexibility index (Phi) is 2.92. The molecule has 0 bridgehead atoms. The van der Waals surface area contributed by atoms with E-state index in [0.29, 0.717) is 12.0 Å². The number of nitrogens with two attached hydrogens (primary N) is 1. The zero-order valence-corrected chi connectivity index (χ0v) is 10.7. The lowest BCUT2D eigenvalue weighted by atomic mass is 10.0. The van der Waals surface area contributed by atoms with Gasteiger partial charge in [0.15, 0.2) is 0 Å². The fourth-order valence-electron chi connectivity index (χ4n) is 2.69. The van der Waals surface area contributed by atoms with E-state index in [4.69, 9.17) is 17.3 Å². The molecule has 3 rings (SSSR count). The van der Waals surface area contributed by atoms with Crippen molar-refractivity contribution in [2.45, 2.75) is 31.3 Å². The smallest absolute Gasteiger partial charge is 0.113 e. The maximum Gasteiger partial charge on any atom is 0.113 e. The van der Waals surface area contributed by atoms with Crippen LogP contribution in [-0.4, -0.2) is 29.0 Å². The van der Waals surface area contributed by atoms with Crippen molar-refractivity contribution in [1.82, 2.24) is 9.88 Å². The molecule has 1 aromatic rings. The second-order valence-electron chi connectivity index (χ2n) is 4.70. The highest BCUT2D eigenvalue weighted by atomic mass is 35.5. The SMILES string of the molecule is NCC1CCN(C2CC2)C1c1ncc(Cl)s1. The fraction of sp³-hybridized carbons (Fsp3) is 0.727. The first-order valence-corrected chi connectivity index (χ1v) is 7.06. The van der Waals surface area contributed by atoms with Gasteiger partial charge in [0.25, 0.3) is 0 Å². The summed E-state index contributed by atoms with van der Waals surface area (Å²) in [5, 5.41) is 1.16. The van der Waals surface area contributed by atoms with E-state index in [2.05, 4.69) is 9.88 Å². The van der Waals surface area contributed by atoms with Gasteiger partial charge in [-0.2, -0.15) is 0 Å². The van der Waals surface area contributed by atoms with Crippen molar-refractivity contribution >= 4 is 22.9 Å². The van der Waals surface area contributed by atoms with Crippen LogP contribution in [-0.2, 0) is 0 Å². The molecule has 1 saturated heterocycles. The molecule has 2 N–H and O–H groups in total. The van der Waals surface area contributed by atoms with Crippen LogP contribution in [0.15, 0.2) is 6.20 Å². The first-order chi connectivity index (χ1) is 7.79. The number of hydrogen-bond acceptors (Lipinski definition) is 4. The summed E-state index contributed by atoms with van der Waals surface area (Å²) < 4.78 is 0.786. The zero-order chi connectivity index (χ0) is 11.1. The van der Waals surface area contributed by atoms with Crippen molar-refractivity contribution in [2.75, 3.05) is 13.1 Å². The lowest BCUT2D eigenvalue weighted by Gasteiger charge is -2.25. The molecule has 2 fully saturated rings. The summed E-state index contributed by atoms with van der Waals surface area (Å²) in [5.41, 5.74) is 5.87. The van der Waals surface area contributed by atoms with Gasteiger partial charge in [0.05, 0.1) is 12.2 Å². The molecule has 1 aliphatic heterocycles. The summed E-state index contributed by atoms with van der Waals surface area (Å²) in [6.45, 7) is 1.93. The summed E-state index contributed by atoms with van der Waals surface area (Å²) in [7, 11) is 0. The predicted octanol–water partition coefficient (Wildman–Crippen LogP) is 2.28. The molecule has 2 unspecified atom stereocenters. The third-order valence-electron chi connectivity index (χ3n) is 3.63. The molecule has 2 heterocycles. The van der Waals surface area contributed by atoms with Crippen molar-refractivity contribution in [3.63, 3.8) is 0 Å². The molecule has 0 spiro atoms. The molecule has 5 heteroatoms. The Balaban J connectivity index is 1.87. The molecule has 16 heavy (non-hydrogen) atoms. The molecule has 3 nitrogen and oxygen atoms in total. The fourth-order valence-corrected chi connectivity index (χ4v) is 3.84. The normalized spacial score (nSPS) is 31.1. The summed E-state index contributed by atoms with van der Waals surface area (Å²) in [6.07, 6.45) is 5.65. The lowest BCUT2D eigenvalue weighted by Crippen LogP contribution is -2.29. The van der Waals surface area contributed by atoms with E-state index >= 15 is 0 Å². The van der Waals surface area contributed by atoms with Gasteiger partial charge in [0.2, 0.25) is 0 Å². The van der Waals surface area contributed by atoms with Crippen LogP contribution in [0.25, 0.3) is 0 Å². The molecule has 1 aliphatic carbocycles. The van der Waals surface area contributed by atoms with E-state index in [0.717, 1.165) is 21.9 Å². The van der Waals surface area contributed by atoms with Crippen LogP contribution in [0.5, 0.6) is 0 Å². The van der Waals surface area contributed by atoms with Crippen molar-refractivity contribution < 1.29 is 0 Å². The van der Waals surface area contributed by atoms with Crippen molar-refractivity contribution in [1.29, 1.82) is 0 Å². The Hall–Kier alpha value is -0.160. The molecular weight excluding hydrogens is 242 g/mol. The second-order valence-corrected chi connectivity index (χ2v) is 6.39. The van der Waals surface area contributed by atoms with Gasteiger partial charge < -0.3 is 5.73 Å². The number of aromatic nitrogens is 1. The van der Waals surface area contributed by atoms with Gasteiger partial charge in [-0.15, -0.1) is 11.3 Å². The highest BCUT2D eigenvalue weighted by Gasteiger charge is 2.43. The Morgan fingerprint density at radius 2 is 2.31 bits per heavy atom. The molecule has 88 valence electrons. The topological polar surface area (TPSA) is 42.1 Å². The quantitative estimate of drug-likeness (QED) is 0.903. The molecule has 2 aliphatic rings. The Morgan fingerprint density at radius 1 is 1.50 bits per heavy atom. The van der Waals surface area contributed by atoms with Crippen LogP contribution in [0.4, 0.5) is 0 Å². The Bertz CT molecular complexity index is 377. The number of hydrogen-bond donors (Lipinski definition) is 1. The Labute approximate surface area is 105 Å². The van der Waals surface area contributed by atoms with Crippen LogP contribution in [0.3, 0.4) is 0 Å². The van der Waals surface area contributed by atoms with Crippen molar-refractivity contribution in [3.05, 3.63) is 15.5 Å². The molecule has 1 aromatic heterocycles. The highest BCUT2D eigenvalue weighted by Crippen LogP contribution is 2.45. The van der Waals surface area contributed by atoms with Crippen molar-refractivity contribution in [2.24, 2.45) is 11.7 Å². The summed E-state index contributed by atoms with van der Waals surface area (Å²) >= 11 is 7.59. The average Bonchev–Trinajstić information content (AvgIpc) is 2.89. The molecule has 0 aromatic carbocycles. The van der Waals surface area contributed by atoms with E-state index in [1.54, 1.807) is 17.5 Å². The summed E-state index contributed by atoms with van der Waals surface area (Å²) in [5.74, 6) is 0.558. The van der Waals surface area contributed by atoms with Gasteiger partial charge in [-0.25, -0.2) is 4.98 Å². The van der Waals surface area contributed by atoms with Crippen LogP contribution in [0.2, 0.25) is 4.34 Å². The van der Waals surface area contributed by atoms with Crippen LogP contribution < -0.4 is 5.73 Å². The first-order valence-electron chi connectivity index (χ1n) is 5.86. The van der Waals surface area contributed by atoms with Gasteiger partial charge >= 0.3 is 0 Å². The highest BCUT2D eigenvalue weighted by molar-refractivity contribution is 7.15. The van der Waals surface area contributed by atoms with E-state index in [1.807, 2.05) is 0 Å². The minimum Gasteiger partial charge on any atom is -0.330 e. The molecule has 0 amide bonds. The van der Waals surface area contributed by atoms with E-state index in [-0.39, 0.29) is 0 Å². The van der Waals surface area contributed by atoms with Gasteiger partial charge in [0, 0.05) is 6.04 Å². The first kappa shape index (κ1) is 11.0. The van der Waals surface area contributed by atoms with Gasteiger partial charge in [-0.1, -0.05) is 11.6 Å². The molecule has 1 saturated carbocycles. The minimum atomic E-state index is 0.426. The maximum atomic E-state index is 5.98. The Morgan fingerprint density at radius 3 is 2.88 bits per heavy atom. The van der Waals surface area contributed by atoms with E-state index < -0.39 is 0 Å². The summed E-state index contributed by atoms with van der Waals surface area (Å²) in [6, 6.07) is 1.21. The zero-order valence-electron chi connectivity index (χ0n) is 9.10. The van der Waals surface area contributed by atoms with E-state index in [9.17, 15) is 0 Å². The second kappa shape index (κ2) is 4.26. The van der Waals surface area contributed by atoms with Crippen LogP contribution >= 0.6 is 22.9 Å². The average molecular weight is 258 g/mol. The minimum absolute atomic E-state index is 0.426. The van der Waals surface area contributed by atoms with Crippen molar-refractivity contribution in [3.8, 4) is 0 Å². The van der Waals surface area contributed by atoms with Crippen LogP contribution in [0.1, 0.15) is 30.3 Å². The third-order valence-corrected chi connectivity index (χ3v) is 4.81. The number of rotatable bonds is 3.